The Bertz CT molecular complexity index is 2120. The fraction of sp³-hybridized carbons (Fsp3) is 0.133. The zero-order valence-electron chi connectivity index (χ0n) is 34.0. The molecule has 0 atom stereocenters. The van der Waals surface area contributed by atoms with Gasteiger partial charge in [0, 0.05) is 49.1 Å². The van der Waals surface area contributed by atoms with Gasteiger partial charge in [-0.3, -0.25) is 20.8 Å². The van der Waals surface area contributed by atoms with Crippen LogP contribution in [0.3, 0.4) is 0 Å². The summed E-state index contributed by atoms with van der Waals surface area (Å²) < 4.78 is 5.05. The predicted octanol–water partition coefficient (Wildman–Crippen LogP) is 0.806. The van der Waals surface area contributed by atoms with Crippen molar-refractivity contribution in [2.24, 2.45) is 9.98 Å². The van der Waals surface area contributed by atoms with E-state index in [4.69, 9.17) is 104 Å². The minimum Gasteiger partial charge on any atom is -0.409 e. The fourth-order valence-electron chi connectivity index (χ4n) is 3.39. The number of aliphatic imine (C=N–C) groups is 2. The van der Waals surface area contributed by atoms with Gasteiger partial charge in [-0.1, -0.05) is 12.1 Å². The number of aliphatic hydroxyl groups is 4. The molecule has 39 heteroatoms. The fourth-order valence-corrected chi connectivity index (χ4v) is 3.39. The summed E-state index contributed by atoms with van der Waals surface area (Å²) >= 11 is 0. The number of aliphatic hydroxyl groups excluding tert-OH is 4. The van der Waals surface area contributed by atoms with E-state index in [-0.39, 0.29) is 101 Å². The molecule has 379 valence electrons. The Morgan fingerprint density at radius 3 is 0.855 bits per heavy atom. The first-order valence-corrected chi connectivity index (χ1v) is 16.6. The third-order valence-electron chi connectivity index (χ3n) is 5.69. The van der Waals surface area contributed by atoms with Crippen LogP contribution in [0.15, 0.2) is 120 Å². The number of nitrogens with one attached hydrogen (secondary N) is 4. The van der Waals surface area contributed by atoms with E-state index < -0.39 is 20.3 Å². The molecule has 6 heterocycles. The van der Waals surface area contributed by atoms with Crippen molar-refractivity contribution in [3.8, 4) is 0 Å². The van der Waals surface area contributed by atoms with Gasteiger partial charge < -0.3 is 113 Å². The second-order valence-corrected chi connectivity index (χ2v) is 10.1. The number of pyridine rings is 2. The maximum atomic E-state index is 8.61. The molecule has 0 saturated carbocycles. The predicted molar refractivity (Wildman–Crippen MR) is 223 cm³/mol. The van der Waals surface area contributed by atoms with Gasteiger partial charge >= 0.3 is 50.6 Å². The van der Waals surface area contributed by atoms with Crippen LogP contribution in [0.2, 0.25) is 0 Å². The number of hydrogen-bond donors (Lipinski definition) is 6. The topological polar surface area (TPSA) is 563 Å². The molecule has 3 radical (unpaired) electrons. The van der Waals surface area contributed by atoms with Gasteiger partial charge in [0.1, 0.15) is 0 Å². The van der Waals surface area contributed by atoms with Crippen LogP contribution in [0.4, 0.5) is 0 Å². The molecule has 8 N–H and O–H groups in total. The molecule has 0 aliphatic heterocycles. The first-order valence-electron chi connectivity index (χ1n) is 16.6. The van der Waals surface area contributed by atoms with E-state index in [2.05, 4.69) is 40.3 Å². The van der Waals surface area contributed by atoms with Gasteiger partial charge in [0.05, 0.1) is 69.5 Å². The van der Waals surface area contributed by atoms with Crippen molar-refractivity contribution in [2.75, 3.05) is 0 Å². The van der Waals surface area contributed by atoms with Crippen LogP contribution in [0.5, 0.6) is 0 Å². The molecular formula is C30H34Co2CuN20O16. The van der Waals surface area contributed by atoms with Gasteiger partial charge in [-0.2, -0.15) is 10.2 Å². The SMILES string of the molecule is N=C(/N=C(\[NH-])n1cccn1)n1cccn1.N=C(/N=C(\[NH-])n1cccn1)n1cccn1.O=[N+]([O-])[O-].O=[N+]([O-])[O-].O=[N+]([O-])[O-].O=[N+]([O-])[O-].OCc1cccc(CO)n1.OCc1cccc(CO)n1.[Co+2].[Co+2].[Cu+2]. The van der Waals surface area contributed by atoms with Crippen LogP contribution in [0.25, 0.3) is 11.5 Å². The monoisotopic (exact) mass is 1110 g/mol. The Kier molecular flexibility index (Phi) is 42.6. The summed E-state index contributed by atoms with van der Waals surface area (Å²) in [6.45, 7) is -0.302. The average molecular weight is 1110 g/mol. The molecule has 36 nitrogen and oxygen atoms in total. The van der Waals surface area contributed by atoms with Gasteiger partial charge in [-0.05, 0) is 60.9 Å². The second-order valence-electron chi connectivity index (χ2n) is 10.1. The Labute approximate surface area is 415 Å². The van der Waals surface area contributed by atoms with Gasteiger partial charge in [-0.15, -0.1) is 0 Å². The molecule has 0 unspecified atom stereocenters. The van der Waals surface area contributed by atoms with Crippen LogP contribution >= 0.6 is 0 Å². The van der Waals surface area contributed by atoms with E-state index in [1.165, 1.54) is 18.7 Å². The van der Waals surface area contributed by atoms with Crippen molar-refractivity contribution >= 4 is 23.8 Å². The molecule has 0 saturated heterocycles. The van der Waals surface area contributed by atoms with Crippen LogP contribution in [-0.4, -0.2) is 114 Å². The molecule has 0 aliphatic rings. The minimum absolute atomic E-state index is 0. The molecule has 0 bridgehead atoms. The average Bonchev–Trinajstić information content (AvgIpc) is 4.12. The normalized spacial score (nSPS) is 9.28. The van der Waals surface area contributed by atoms with E-state index in [1.807, 2.05) is 0 Å². The summed E-state index contributed by atoms with van der Waals surface area (Å²) in [5, 5.41) is 124. The van der Waals surface area contributed by atoms with E-state index in [0.29, 0.717) is 22.8 Å². The molecule has 6 aromatic rings. The summed E-state index contributed by atoms with van der Waals surface area (Å²) in [7, 11) is 0. The third kappa shape index (κ3) is 38.6. The second kappa shape index (κ2) is 42.2. The van der Waals surface area contributed by atoms with Crippen LogP contribution < -0.4 is 0 Å². The van der Waals surface area contributed by atoms with Crippen molar-refractivity contribution in [3.63, 3.8) is 0 Å². The first kappa shape index (κ1) is 69.6. The zero-order chi connectivity index (χ0) is 50.5. The number of rotatable bonds is 4. The standard InChI is InChI=1S/2C8H8N7.2C7H9NO2.2Co.Cu.4NO3/c2*9-7(14-5-1-3-11-14)13-8(10)15-6-2-4-12-15;2*9-4-6-2-1-3-7(5-10)8-6;;;;4*2-1(3)4/h2*1-6H,(H2-,9,10,13);2*1-3,9-10H,4-5H2;;;;;;;/q2*-1;;;3*+2;4*-1. The minimum atomic E-state index is -1.75. The van der Waals surface area contributed by atoms with Crippen LogP contribution in [0, 0.1) is 72.1 Å². The number of nitrogens with zero attached hydrogens (tertiary/aromatic N) is 16. The first-order chi connectivity index (χ1) is 31.2. The van der Waals surface area contributed by atoms with Gasteiger partial charge in [0.25, 0.3) is 0 Å². The smallest absolute Gasteiger partial charge is 0.409 e. The maximum Gasteiger partial charge on any atom is 2.00 e. The number of aromatic nitrogens is 10. The molecule has 0 spiro atoms. The van der Waals surface area contributed by atoms with Crippen molar-refractivity contribution in [2.45, 2.75) is 26.4 Å². The summed E-state index contributed by atoms with van der Waals surface area (Å²) in [5.74, 6) is -0.498. The third-order valence-corrected chi connectivity index (χ3v) is 5.69. The summed E-state index contributed by atoms with van der Waals surface area (Å²) in [6, 6.07) is 17.1. The van der Waals surface area contributed by atoms with Gasteiger partial charge in [0.15, 0.2) is 11.9 Å². The Hall–Kier alpha value is -8.41. The summed E-state index contributed by atoms with van der Waals surface area (Å²) in [5.41, 5.74) is 17.4. The van der Waals surface area contributed by atoms with E-state index >= 15 is 0 Å². The molecule has 0 aromatic carbocycles. The zero-order valence-corrected chi connectivity index (χ0v) is 37.1. The quantitative estimate of drug-likeness (QED) is 0.0467. The van der Waals surface area contributed by atoms with Crippen LogP contribution in [0.1, 0.15) is 22.8 Å². The molecule has 0 amide bonds. The largest absolute Gasteiger partial charge is 2.00 e. The Balaban J connectivity index is -0.000000238. The van der Waals surface area contributed by atoms with E-state index in [0.717, 1.165) is 0 Å². The Morgan fingerprint density at radius 2 is 0.681 bits per heavy atom. The van der Waals surface area contributed by atoms with Crippen molar-refractivity contribution in [3.05, 3.63) is 206 Å². The van der Waals surface area contributed by atoms with Crippen LogP contribution in [-0.2, 0) is 77.1 Å². The molecule has 0 fully saturated rings. The van der Waals surface area contributed by atoms with Crippen molar-refractivity contribution in [1.29, 1.82) is 10.8 Å². The summed E-state index contributed by atoms with van der Waals surface area (Å²) in [4.78, 5) is 48.3. The molecular weight excluding hydrogens is 1080 g/mol. The molecule has 6 rings (SSSR count). The van der Waals surface area contributed by atoms with E-state index in [9.17, 15) is 0 Å². The van der Waals surface area contributed by atoms with E-state index in [1.54, 1.807) is 110 Å². The molecule has 0 aliphatic carbocycles. The number of hydrogen-bond acceptors (Lipinski definition) is 24. The van der Waals surface area contributed by atoms with Crippen molar-refractivity contribution in [1.82, 2.24) is 49.1 Å². The summed E-state index contributed by atoms with van der Waals surface area (Å²) in [6.07, 6.45) is 12.5. The Morgan fingerprint density at radius 1 is 0.478 bits per heavy atom. The maximum absolute atomic E-state index is 8.61. The van der Waals surface area contributed by atoms with Crippen molar-refractivity contribution < 1.29 is 91.4 Å². The molecule has 69 heavy (non-hydrogen) atoms. The molecule has 6 aromatic heterocycles. The van der Waals surface area contributed by atoms with Gasteiger partial charge in [0.2, 0.25) is 0 Å². The van der Waals surface area contributed by atoms with Gasteiger partial charge in [-0.25, -0.2) is 19.6 Å².